The van der Waals surface area contributed by atoms with Gasteiger partial charge >= 0.3 is 0 Å². The average Bonchev–Trinajstić information content (AvgIpc) is 2.88. The van der Waals surface area contributed by atoms with E-state index in [0.29, 0.717) is 23.5 Å². The molecule has 2 heteroatoms. The first-order chi connectivity index (χ1) is 7.31. The number of rotatable bonds is 3. The monoisotopic (exact) mass is 204 g/mol. The van der Waals surface area contributed by atoms with Crippen LogP contribution in [0, 0.1) is 23.7 Å². The highest BCUT2D eigenvalue weighted by molar-refractivity contribution is 6.00. The van der Waals surface area contributed by atoms with Gasteiger partial charge in [0.05, 0.1) is 0 Å². The van der Waals surface area contributed by atoms with Crippen molar-refractivity contribution in [2.24, 2.45) is 23.7 Å². The number of ketones is 1. The number of hydrogen-bond donors (Lipinski definition) is 1. The van der Waals surface area contributed by atoms with Gasteiger partial charge in [0, 0.05) is 12.5 Å². The molecule has 15 heavy (non-hydrogen) atoms. The lowest BCUT2D eigenvalue weighted by Crippen LogP contribution is -2.21. The van der Waals surface area contributed by atoms with Crippen molar-refractivity contribution in [3.05, 3.63) is 23.8 Å². The SMILES string of the molecule is O=C1C(CCCO)=C[C@H]2[C@@H]1[C@@H]1C=C[C@H]2C1. The molecular weight excluding hydrogens is 188 g/mol. The maximum atomic E-state index is 12.1. The lowest BCUT2D eigenvalue weighted by molar-refractivity contribution is -0.119. The van der Waals surface area contributed by atoms with Gasteiger partial charge in [-0.05, 0) is 42.6 Å². The van der Waals surface area contributed by atoms with Gasteiger partial charge in [0.1, 0.15) is 0 Å². The van der Waals surface area contributed by atoms with Gasteiger partial charge in [-0.2, -0.15) is 0 Å². The van der Waals surface area contributed by atoms with Crippen LogP contribution in [-0.2, 0) is 4.79 Å². The van der Waals surface area contributed by atoms with E-state index < -0.39 is 0 Å². The largest absolute Gasteiger partial charge is 0.396 e. The summed E-state index contributed by atoms with van der Waals surface area (Å²) in [5.74, 6) is 2.24. The van der Waals surface area contributed by atoms with E-state index in [1.54, 1.807) is 0 Å². The van der Waals surface area contributed by atoms with Gasteiger partial charge in [-0.1, -0.05) is 18.2 Å². The van der Waals surface area contributed by atoms with Crippen LogP contribution in [0.5, 0.6) is 0 Å². The number of hydrogen-bond acceptors (Lipinski definition) is 2. The second kappa shape index (κ2) is 3.31. The number of carbonyl (C=O) groups is 1. The number of aliphatic hydroxyl groups is 1. The van der Waals surface area contributed by atoms with Gasteiger partial charge in [0.15, 0.2) is 5.78 Å². The third-order valence-electron chi connectivity index (χ3n) is 4.14. The summed E-state index contributed by atoms with van der Waals surface area (Å²) in [7, 11) is 0. The van der Waals surface area contributed by atoms with Crippen LogP contribution in [0.4, 0.5) is 0 Å². The Morgan fingerprint density at radius 2 is 2.13 bits per heavy atom. The molecule has 0 heterocycles. The van der Waals surface area contributed by atoms with Gasteiger partial charge < -0.3 is 5.11 Å². The summed E-state index contributed by atoms with van der Waals surface area (Å²) in [4.78, 5) is 12.1. The Bertz CT molecular complexity index is 354. The normalized spacial score (nSPS) is 41.1. The standard InChI is InChI=1S/C13H16O2/c14-5-1-2-10-7-11-8-3-4-9(6-8)12(11)13(10)15/h3-4,7-9,11-12,14H,1-2,5-6H2/t8-,9+,11+,12-/m0/s1. The minimum Gasteiger partial charge on any atom is -0.396 e. The van der Waals surface area contributed by atoms with Crippen LogP contribution >= 0.6 is 0 Å². The van der Waals surface area contributed by atoms with Gasteiger partial charge in [-0.15, -0.1) is 0 Å². The van der Waals surface area contributed by atoms with Crippen molar-refractivity contribution in [2.45, 2.75) is 19.3 Å². The number of Topliss-reactive ketones (excluding diaryl/α,β-unsaturated/α-hetero) is 1. The predicted molar refractivity (Wildman–Crippen MR) is 57.1 cm³/mol. The molecule has 2 bridgehead atoms. The maximum Gasteiger partial charge on any atom is 0.162 e. The van der Waals surface area contributed by atoms with Crippen LogP contribution in [0.1, 0.15) is 19.3 Å². The van der Waals surface area contributed by atoms with E-state index in [0.717, 1.165) is 18.4 Å². The summed E-state index contributed by atoms with van der Waals surface area (Å²) in [5, 5.41) is 8.78. The lowest BCUT2D eigenvalue weighted by Gasteiger charge is -2.17. The van der Waals surface area contributed by atoms with E-state index in [4.69, 9.17) is 5.11 Å². The number of allylic oxidation sites excluding steroid dienone is 4. The van der Waals surface area contributed by atoms with Crippen molar-refractivity contribution in [3.8, 4) is 0 Å². The van der Waals surface area contributed by atoms with Crippen LogP contribution in [0.3, 0.4) is 0 Å². The van der Waals surface area contributed by atoms with E-state index in [9.17, 15) is 4.79 Å². The Labute approximate surface area is 89.7 Å². The summed E-state index contributed by atoms with van der Waals surface area (Å²) in [6.07, 6.45) is 9.38. The molecule has 0 aromatic heterocycles. The maximum absolute atomic E-state index is 12.1. The van der Waals surface area contributed by atoms with Crippen LogP contribution in [0.2, 0.25) is 0 Å². The Kier molecular flexibility index (Phi) is 2.06. The zero-order valence-corrected chi connectivity index (χ0v) is 8.73. The second-order valence-corrected chi connectivity index (χ2v) is 4.93. The molecule has 0 radical (unpaired) electrons. The first-order valence-corrected chi connectivity index (χ1v) is 5.85. The molecule has 0 aromatic rings. The fraction of sp³-hybridized carbons (Fsp3) is 0.615. The zero-order valence-electron chi connectivity index (χ0n) is 8.73. The second-order valence-electron chi connectivity index (χ2n) is 4.93. The minimum atomic E-state index is 0.186. The first-order valence-electron chi connectivity index (χ1n) is 5.85. The Hall–Kier alpha value is -0.890. The molecule has 1 fully saturated rings. The summed E-state index contributed by atoms with van der Waals surface area (Å²) >= 11 is 0. The van der Waals surface area contributed by atoms with Crippen molar-refractivity contribution in [1.29, 1.82) is 0 Å². The molecule has 80 valence electrons. The van der Waals surface area contributed by atoms with Crippen LogP contribution in [0.25, 0.3) is 0 Å². The lowest BCUT2D eigenvalue weighted by atomic mass is 9.85. The van der Waals surface area contributed by atoms with Gasteiger partial charge in [0.2, 0.25) is 0 Å². The Morgan fingerprint density at radius 3 is 2.87 bits per heavy atom. The summed E-state index contributed by atoms with van der Waals surface area (Å²) in [6.45, 7) is 0.186. The van der Waals surface area contributed by atoms with Crippen molar-refractivity contribution in [3.63, 3.8) is 0 Å². The number of aliphatic hydroxyl groups excluding tert-OH is 1. The topological polar surface area (TPSA) is 37.3 Å². The van der Waals surface area contributed by atoms with E-state index in [1.165, 1.54) is 6.42 Å². The van der Waals surface area contributed by atoms with Gasteiger partial charge in [0.25, 0.3) is 0 Å². The van der Waals surface area contributed by atoms with E-state index in [-0.39, 0.29) is 12.5 Å². The third-order valence-corrected chi connectivity index (χ3v) is 4.14. The summed E-state index contributed by atoms with van der Waals surface area (Å²) in [6, 6.07) is 0. The molecule has 3 aliphatic rings. The van der Waals surface area contributed by atoms with Crippen molar-refractivity contribution >= 4 is 5.78 Å². The van der Waals surface area contributed by atoms with E-state index in [2.05, 4.69) is 18.2 Å². The fourth-order valence-electron chi connectivity index (χ4n) is 3.46. The first kappa shape index (κ1) is 9.34. The summed E-state index contributed by atoms with van der Waals surface area (Å²) in [5.41, 5.74) is 0.984. The molecule has 2 nitrogen and oxygen atoms in total. The van der Waals surface area contributed by atoms with Crippen LogP contribution in [-0.4, -0.2) is 17.5 Å². The highest BCUT2D eigenvalue weighted by Gasteiger charge is 2.50. The average molecular weight is 204 g/mol. The molecule has 3 aliphatic carbocycles. The molecule has 0 aromatic carbocycles. The summed E-state index contributed by atoms with van der Waals surface area (Å²) < 4.78 is 0. The number of fused-ring (bicyclic) bond motifs is 5. The molecule has 1 saturated carbocycles. The molecule has 4 atom stereocenters. The molecule has 0 aliphatic heterocycles. The van der Waals surface area contributed by atoms with Crippen molar-refractivity contribution in [1.82, 2.24) is 0 Å². The smallest absolute Gasteiger partial charge is 0.162 e. The highest BCUT2D eigenvalue weighted by Crippen LogP contribution is 2.53. The third kappa shape index (κ3) is 1.24. The molecule has 0 amide bonds. The van der Waals surface area contributed by atoms with Crippen LogP contribution < -0.4 is 0 Å². The predicted octanol–water partition coefficient (Wildman–Crippen LogP) is 1.71. The van der Waals surface area contributed by atoms with Gasteiger partial charge in [-0.3, -0.25) is 4.79 Å². The number of carbonyl (C=O) groups excluding carboxylic acids is 1. The fourth-order valence-corrected chi connectivity index (χ4v) is 3.46. The Balaban J connectivity index is 1.80. The minimum absolute atomic E-state index is 0.186. The molecule has 0 spiro atoms. The molecule has 0 unspecified atom stereocenters. The zero-order chi connectivity index (χ0) is 10.4. The highest BCUT2D eigenvalue weighted by atomic mass is 16.2. The van der Waals surface area contributed by atoms with Crippen molar-refractivity contribution < 1.29 is 9.90 Å². The van der Waals surface area contributed by atoms with E-state index in [1.807, 2.05) is 0 Å². The van der Waals surface area contributed by atoms with Gasteiger partial charge in [-0.25, -0.2) is 0 Å². The Morgan fingerprint density at radius 1 is 1.33 bits per heavy atom. The quantitative estimate of drug-likeness (QED) is 0.710. The van der Waals surface area contributed by atoms with Crippen molar-refractivity contribution in [2.75, 3.05) is 6.61 Å². The molecular formula is C13H16O2. The molecule has 1 N–H and O–H groups in total. The van der Waals surface area contributed by atoms with E-state index >= 15 is 0 Å². The molecule has 0 saturated heterocycles. The van der Waals surface area contributed by atoms with Crippen LogP contribution in [0.15, 0.2) is 23.8 Å². The molecule has 3 rings (SSSR count).